The van der Waals surface area contributed by atoms with Crippen molar-refractivity contribution in [3.63, 3.8) is 0 Å². The monoisotopic (exact) mass is 435 g/mol. The summed E-state index contributed by atoms with van der Waals surface area (Å²) in [7, 11) is 1.61. The molecule has 0 radical (unpaired) electrons. The lowest BCUT2D eigenvalue weighted by atomic mass is 10.1. The zero-order valence-corrected chi connectivity index (χ0v) is 17.8. The van der Waals surface area contributed by atoms with Crippen LogP contribution < -0.4 is 10.1 Å². The normalized spacial score (nSPS) is 10.8. The summed E-state index contributed by atoms with van der Waals surface area (Å²) in [4.78, 5) is 24.9. The number of nitrogens with one attached hydrogen (secondary N) is 1. The van der Waals surface area contributed by atoms with E-state index < -0.39 is 0 Å². The Balaban J connectivity index is 1.63. The molecule has 0 fully saturated rings. The van der Waals surface area contributed by atoms with Crippen LogP contribution in [-0.2, 0) is 4.74 Å². The van der Waals surface area contributed by atoms with E-state index in [0.717, 1.165) is 5.56 Å². The van der Waals surface area contributed by atoms with E-state index in [1.807, 2.05) is 6.07 Å². The SMILES string of the molecule is COCCOc1ccc(C(=O)/C=C/c2cccc(NC(=O)c3ccccc3Cl)c2)cc1. The van der Waals surface area contributed by atoms with E-state index in [2.05, 4.69) is 5.32 Å². The number of carbonyl (C=O) groups excluding carboxylic acids is 2. The van der Waals surface area contributed by atoms with Crippen LogP contribution in [0.15, 0.2) is 78.9 Å². The molecule has 0 saturated carbocycles. The number of rotatable bonds is 9. The number of amides is 1. The highest BCUT2D eigenvalue weighted by molar-refractivity contribution is 6.34. The highest BCUT2D eigenvalue weighted by atomic mass is 35.5. The molecule has 1 N–H and O–H groups in total. The van der Waals surface area contributed by atoms with Crippen molar-refractivity contribution < 1.29 is 19.1 Å². The quantitative estimate of drug-likeness (QED) is 0.273. The molecule has 31 heavy (non-hydrogen) atoms. The van der Waals surface area contributed by atoms with Gasteiger partial charge in [-0.1, -0.05) is 41.9 Å². The summed E-state index contributed by atoms with van der Waals surface area (Å²) in [6.45, 7) is 0.953. The van der Waals surface area contributed by atoms with Crippen LogP contribution in [0.1, 0.15) is 26.3 Å². The average Bonchev–Trinajstić information content (AvgIpc) is 2.78. The van der Waals surface area contributed by atoms with Gasteiger partial charge >= 0.3 is 0 Å². The standard InChI is InChI=1S/C25H22ClNO4/c1-30-15-16-31-21-12-10-19(11-13-21)24(28)14-9-18-5-4-6-20(17-18)27-25(29)22-7-2-3-8-23(22)26/h2-14,17H,15-16H2,1H3,(H,27,29)/b14-9+. The zero-order valence-electron chi connectivity index (χ0n) is 17.0. The molecule has 158 valence electrons. The lowest BCUT2D eigenvalue weighted by Crippen LogP contribution is -2.12. The van der Waals surface area contributed by atoms with Crippen LogP contribution in [0.2, 0.25) is 5.02 Å². The molecular formula is C25H22ClNO4. The van der Waals surface area contributed by atoms with E-state index in [-0.39, 0.29) is 11.7 Å². The number of carbonyl (C=O) groups is 2. The van der Waals surface area contributed by atoms with Crippen LogP contribution >= 0.6 is 11.6 Å². The van der Waals surface area contributed by atoms with E-state index in [1.165, 1.54) is 6.08 Å². The largest absolute Gasteiger partial charge is 0.491 e. The number of benzene rings is 3. The number of ether oxygens (including phenoxy) is 2. The molecule has 0 aliphatic carbocycles. The first-order valence-corrected chi connectivity index (χ1v) is 10.0. The van der Waals surface area contributed by atoms with E-state index in [0.29, 0.717) is 40.8 Å². The molecule has 6 heteroatoms. The van der Waals surface area contributed by atoms with Gasteiger partial charge in [0.2, 0.25) is 0 Å². The molecule has 0 aliphatic heterocycles. The third-order valence-electron chi connectivity index (χ3n) is 4.39. The summed E-state index contributed by atoms with van der Waals surface area (Å²) in [6.07, 6.45) is 3.20. The Morgan fingerprint density at radius 3 is 2.48 bits per heavy atom. The van der Waals surface area contributed by atoms with E-state index in [4.69, 9.17) is 21.1 Å². The van der Waals surface area contributed by atoms with Crippen molar-refractivity contribution in [2.24, 2.45) is 0 Å². The first-order chi connectivity index (χ1) is 15.1. The van der Waals surface area contributed by atoms with Gasteiger partial charge in [-0.3, -0.25) is 9.59 Å². The Hall–Kier alpha value is -3.41. The van der Waals surface area contributed by atoms with Crippen LogP contribution in [0.3, 0.4) is 0 Å². The van der Waals surface area contributed by atoms with Gasteiger partial charge in [-0.25, -0.2) is 0 Å². The van der Waals surface area contributed by atoms with Gasteiger partial charge in [-0.2, -0.15) is 0 Å². The summed E-state index contributed by atoms with van der Waals surface area (Å²) in [5.74, 6) is 0.254. The van der Waals surface area contributed by atoms with E-state index >= 15 is 0 Å². The van der Waals surface area contributed by atoms with Crippen LogP contribution in [-0.4, -0.2) is 32.0 Å². The molecular weight excluding hydrogens is 414 g/mol. The first-order valence-electron chi connectivity index (χ1n) is 9.67. The fourth-order valence-electron chi connectivity index (χ4n) is 2.79. The molecule has 0 saturated heterocycles. The van der Waals surface area contributed by atoms with Gasteiger partial charge in [-0.15, -0.1) is 0 Å². The van der Waals surface area contributed by atoms with Crippen LogP contribution in [0, 0.1) is 0 Å². The minimum absolute atomic E-state index is 0.131. The number of hydrogen-bond acceptors (Lipinski definition) is 4. The molecule has 0 spiro atoms. The maximum Gasteiger partial charge on any atom is 0.257 e. The number of ketones is 1. The van der Waals surface area contributed by atoms with E-state index in [1.54, 1.807) is 79.9 Å². The van der Waals surface area contributed by atoms with Gasteiger partial charge in [0.15, 0.2) is 5.78 Å². The Morgan fingerprint density at radius 2 is 1.74 bits per heavy atom. The van der Waals surface area contributed by atoms with Gasteiger partial charge in [0.25, 0.3) is 5.91 Å². The molecule has 5 nitrogen and oxygen atoms in total. The second kappa shape index (κ2) is 11.1. The topological polar surface area (TPSA) is 64.6 Å². The number of halogens is 1. The maximum absolute atomic E-state index is 12.4. The molecule has 3 aromatic rings. The van der Waals surface area contributed by atoms with Crippen LogP contribution in [0.4, 0.5) is 5.69 Å². The van der Waals surface area contributed by atoms with Crippen molar-refractivity contribution in [2.45, 2.75) is 0 Å². The van der Waals surface area contributed by atoms with Crippen molar-refractivity contribution in [2.75, 3.05) is 25.6 Å². The van der Waals surface area contributed by atoms with E-state index in [9.17, 15) is 9.59 Å². The molecule has 0 atom stereocenters. The second-order valence-electron chi connectivity index (χ2n) is 6.62. The summed E-state index contributed by atoms with van der Waals surface area (Å²) < 4.78 is 10.4. The Bertz CT molecular complexity index is 1080. The molecule has 1 amide bonds. The third-order valence-corrected chi connectivity index (χ3v) is 4.71. The summed E-state index contributed by atoms with van der Waals surface area (Å²) in [5.41, 5.74) is 2.34. The van der Waals surface area contributed by atoms with Gasteiger partial charge in [0.05, 0.1) is 17.2 Å². The molecule has 0 heterocycles. The van der Waals surface area contributed by atoms with Gasteiger partial charge in [0, 0.05) is 18.4 Å². The number of methoxy groups -OCH3 is 1. The Morgan fingerprint density at radius 1 is 0.968 bits per heavy atom. The Labute approximate surface area is 186 Å². The summed E-state index contributed by atoms with van der Waals surface area (Å²) >= 11 is 6.08. The van der Waals surface area contributed by atoms with Gasteiger partial charge in [0.1, 0.15) is 12.4 Å². The fraction of sp³-hybridized carbons (Fsp3) is 0.120. The van der Waals surface area contributed by atoms with Crippen LogP contribution in [0.5, 0.6) is 5.75 Å². The number of anilines is 1. The summed E-state index contributed by atoms with van der Waals surface area (Å²) in [6, 6.07) is 21.0. The fourth-order valence-corrected chi connectivity index (χ4v) is 3.01. The molecule has 0 bridgehead atoms. The van der Waals surface area contributed by atoms with Crippen molar-refractivity contribution >= 4 is 35.1 Å². The smallest absolute Gasteiger partial charge is 0.257 e. The Kier molecular flexibility index (Phi) is 7.98. The first kappa shape index (κ1) is 22.3. The minimum Gasteiger partial charge on any atom is -0.491 e. The molecule has 0 unspecified atom stereocenters. The van der Waals surface area contributed by atoms with Crippen LogP contribution in [0.25, 0.3) is 6.08 Å². The lowest BCUT2D eigenvalue weighted by molar-refractivity contribution is 0.102. The van der Waals surface area contributed by atoms with Gasteiger partial charge in [-0.05, 0) is 60.2 Å². The van der Waals surface area contributed by atoms with Gasteiger partial charge < -0.3 is 14.8 Å². The van der Waals surface area contributed by atoms with Crippen molar-refractivity contribution in [1.29, 1.82) is 0 Å². The zero-order chi connectivity index (χ0) is 22.1. The average molecular weight is 436 g/mol. The molecule has 0 aromatic heterocycles. The lowest BCUT2D eigenvalue weighted by Gasteiger charge is -2.07. The van der Waals surface area contributed by atoms with Crippen molar-refractivity contribution in [1.82, 2.24) is 0 Å². The highest BCUT2D eigenvalue weighted by Gasteiger charge is 2.10. The predicted octanol–water partition coefficient (Wildman–Crippen LogP) is 5.51. The predicted molar refractivity (Wildman–Crippen MR) is 123 cm³/mol. The van der Waals surface area contributed by atoms with Crippen molar-refractivity contribution in [3.8, 4) is 5.75 Å². The highest BCUT2D eigenvalue weighted by Crippen LogP contribution is 2.19. The minimum atomic E-state index is -0.296. The molecule has 3 aromatic carbocycles. The molecule has 3 rings (SSSR count). The maximum atomic E-state index is 12.4. The number of hydrogen-bond donors (Lipinski definition) is 1. The number of allylic oxidation sites excluding steroid dienone is 1. The summed E-state index contributed by atoms with van der Waals surface area (Å²) in [5, 5.41) is 3.21. The third kappa shape index (κ3) is 6.54. The second-order valence-corrected chi connectivity index (χ2v) is 7.03. The van der Waals surface area contributed by atoms with Crippen molar-refractivity contribution in [3.05, 3.63) is 101 Å². The molecule has 0 aliphatic rings.